The van der Waals surface area contributed by atoms with E-state index in [-0.39, 0.29) is 11.9 Å². The summed E-state index contributed by atoms with van der Waals surface area (Å²) in [6.07, 6.45) is 0. The van der Waals surface area contributed by atoms with Crippen LogP contribution in [0.5, 0.6) is 0 Å². The van der Waals surface area contributed by atoms with Gasteiger partial charge in [0, 0.05) is 5.69 Å². The van der Waals surface area contributed by atoms with Crippen molar-refractivity contribution < 1.29 is 4.79 Å². The van der Waals surface area contributed by atoms with Gasteiger partial charge in [0.1, 0.15) is 0 Å². The molecule has 0 aromatic heterocycles. The fourth-order valence-electron chi connectivity index (χ4n) is 2.18. The molecule has 3 nitrogen and oxygen atoms in total. The molecule has 0 aliphatic carbocycles. The normalized spacial score (nSPS) is 12.6. The standard InChI is InChI=1S/C15H24N2O/c1-6-17(7-2)13(5)15(18)16-14-11(3)9-8-10-12(14)4/h8-10,13H,6-7H2,1-5H3,(H,16,18). The SMILES string of the molecule is CCN(CC)C(C)C(=O)Nc1c(C)cccc1C. The molecule has 0 saturated carbocycles. The molecule has 1 aromatic rings. The second-order valence-corrected chi connectivity index (χ2v) is 4.65. The summed E-state index contributed by atoms with van der Waals surface area (Å²) in [6, 6.07) is 5.95. The third-order valence-corrected chi connectivity index (χ3v) is 3.47. The molecule has 1 atom stereocenters. The van der Waals surface area contributed by atoms with Crippen molar-refractivity contribution in [1.82, 2.24) is 4.90 Å². The smallest absolute Gasteiger partial charge is 0.241 e. The first-order chi connectivity index (χ1) is 8.51. The predicted octanol–water partition coefficient (Wildman–Crippen LogP) is 2.97. The second-order valence-electron chi connectivity index (χ2n) is 4.65. The van der Waals surface area contributed by atoms with Crippen molar-refractivity contribution in [2.24, 2.45) is 0 Å². The summed E-state index contributed by atoms with van der Waals surface area (Å²) in [4.78, 5) is 14.4. The number of hydrogen-bond donors (Lipinski definition) is 1. The molecule has 0 radical (unpaired) electrons. The lowest BCUT2D eigenvalue weighted by atomic mass is 10.1. The van der Waals surface area contributed by atoms with Crippen LogP contribution < -0.4 is 5.32 Å². The minimum atomic E-state index is -0.0981. The Balaban J connectivity index is 2.81. The Morgan fingerprint density at radius 3 is 2.17 bits per heavy atom. The van der Waals surface area contributed by atoms with Gasteiger partial charge in [-0.25, -0.2) is 0 Å². The van der Waals surface area contributed by atoms with Gasteiger partial charge in [-0.2, -0.15) is 0 Å². The Hall–Kier alpha value is -1.35. The van der Waals surface area contributed by atoms with Gasteiger partial charge in [-0.15, -0.1) is 0 Å². The van der Waals surface area contributed by atoms with E-state index in [1.807, 2.05) is 39.0 Å². The van der Waals surface area contributed by atoms with Crippen LogP contribution in [-0.2, 0) is 4.79 Å². The molecule has 1 unspecified atom stereocenters. The first-order valence-corrected chi connectivity index (χ1v) is 6.62. The van der Waals surface area contributed by atoms with Gasteiger partial charge in [-0.05, 0) is 45.0 Å². The minimum Gasteiger partial charge on any atom is -0.324 e. The van der Waals surface area contributed by atoms with Crippen molar-refractivity contribution in [3.63, 3.8) is 0 Å². The number of carbonyl (C=O) groups is 1. The molecule has 1 rings (SSSR count). The van der Waals surface area contributed by atoms with E-state index in [1.165, 1.54) is 0 Å². The lowest BCUT2D eigenvalue weighted by Crippen LogP contribution is -2.42. The van der Waals surface area contributed by atoms with Crippen molar-refractivity contribution in [3.8, 4) is 0 Å². The number of nitrogens with zero attached hydrogens (tertiary/aromatic N) is 1. The minimum absolute atomic E-state index is 0.0658. The van der Waals surface area contributed by atoms with Crippen LogP contribution in [0.1, 0.15) is 31.9 Å². The zero-order valence-electron chi connectivity index (χ0n) is 12.1. The molecule has 1 aromatic carbocycles. The van der Waals surface area contributed by atoms with Gasteiger partial charge in [-0.3, -0.25) is 9.69 Å². The van der Waals surface area contributed by atoms with Crippen molar-refractivity contribution in [3.05, 3.63) is 29.3 Å². The number of aryl methyl sites for hydroxylation is 2. The molecular formula is C15H24N2O. The van der Waals surface area contributed by atoms with Crippen LogP contribution in [0.25, 0.3) is 0 Å². The number of anilines is 1. The number of nitrogens with one attached hydrogen (secondary N) is 1. The van der Waals surface area contributed by atoms with Crippen molar-refractivity contribution in [2.75, 3.05) is 18.4 Å². The summed E-state index contributed by atoms with van der Waals surface area (Å²) in [5.74, 6) is 0.0658. The molecule has 18 heavy (non-hydrogen) atoms. The van der Waals surface area contributed by atoms with E-state index in [4.69, 9.17) is 0 Å². The molecule has 0 bridgehead atoms. The summed E-state index contributed by atoms with van der Waals surface area (Å²) >= 11 is 0. The Labute approximate surface area is 110 Å². The van der Waals surface area contributed by atoms with Crippen LogP contribution in [0.4, 0.5) is 5.69 Å². The number of para-hydroxylation sites is 1. The van der Waals surface area contributed by atoms with E-state index >= 15 is 0 Å². The predicted molar refractivity (Wildman–Crippen MR) is 76.9 cm³/mol. The van der Waals surface area contributed by atoms with Crippen LogP contribution in [0, 0.1) is 13.8 Å². The highest BCUT2D eigenvalue weighted by Crippen LogP contribution is 2.19. The number of carbonyl (C=O) groups excluding carboxylic acids is 1. The number of likely N-dealkylation sites (N-methyl/N-ethyl adjacent to an activating group) is 1. The van der Waals surface area contributed by atoms with Crippen LogP contribution >= 0.6 is 0 Å². The Morgan fingerprint density at radius 1 is 1.22 bits per heavy atom. The van der Waals surface area contributed by atoms with Crippen LogP contribution in [0.2, 0.25) is 0 Å². The highest BCUT2D eigenvalue weighted by molar-refractivity contribution is 5.95. The van der Waals surface area contributed by atoms with E-state index in [9.17, 15) is 4.79 Å². The van der Waals surface area contributed by atoms with E-state index in [1.54, 1.807) is 0 Å². The summed E-state index contributed by atoms with van der Waals surface area (Å²) in [6.45, 7) is 11.9. The maximum atomic E-state index is 12.2. The Bertz CT molecular complexity index is 391. The van der Waals surface area contributed by atoms with Gasteiger partial charge >= 0.3 is 0 Å². The topological polar surface area (TPSA) is 32.3 Å². The zero-order chi connectivity index (χ0) is 13.7. The summed E-state index contributed by atoms with van der Waals surface area (Å²) in [7, 11) is 0. The van der Waals surface area contributed by atoms with Crippen molar-refractivity contribution >= 4 is 11.6 Å². The molecule has 0 saturated heterocycles. The molecule has 100 valence electrons. The third-order valence-electron chi connectivity index (χ3n) is 3.47. The summed E-state index contributed by atoms with van der Waals surface area (Å²) in [5.41, 5.74) is 3.16. The molecule has 1 N–H and O–H groups in total. The van der Waals surface area contributed by atoms with Crippen LogP contribution in [0.3, 0.4) is 0 Å². The lowest BCUT2D eigenvalue weighted by Gasteiger charge is -2.26. The largest absolute Gasteiger partial charge is 0.324 e. The number of hydrogen-bond acceptors (Lipinski definition) is 2. The van der Waals surface area contributed by atoms with Crippen LogP contribution in [-0.4, -0.2) is 29.9 Å². The number of amides is 1. The highest BCUT2D eigenvalue weighted by atomic mass is 16.2. The van der Waals surface area contributed by atoms with E-state index in [0.717, 1.165) is 29.9 Å². The van der Waals surface area contributed by atoms with Gasteiger partial charge in [0.05, 0.1) is 6.04 Å². The maximum absolute atomic E-state index is 12.2. The highest BCUT2D eigenvalue weighted by Gasteiger charge is 2.19. The van der Waals surface area contributed by atoms with E-state index in [0.29, 0.717) is 0 Å². The third kappa shape index (κ3) is 3.33. The zero-order valence-corrected chi connectivity index (χ0v) is 12.1. The molecule has 0 fully saturated rings. The first kappa shape index (κ1) is 14.7. The van der Waals surface area contributed by atoms with Gasteiger partial charge in [0.15, 0.2) is 0 Å². The molecule has 0 heterocycles. The average Bonchev–Trinajstić information content (AvgIpc) is 2.35. The Morgan fingerprint density at radius 2 is 1.72 bits per heavy atom. The van der Waals surface area contributed by atoms with Crippen molar-refractivity contribution in [1.29, 1.82) is 0 Å². The maximum Gasteiger partial charge on any atom is 0.241 e. The van der Waals surface area contributed by atoms with Crippen LogP contribution in [0.15, 0.2) is 18.2 Å². The number of benzene rings is 1. The molecule has 0 aliphatic heterocycles. The fourth-order valence-corrected chi connectivity index (χ4v) is 2.18. The molecule has 0 aliphatic rings. The molecule has 0 spiro atoms. The molecular weight excluding hydrogens is 224 g/mol. The van der Waals surface area contributed by atoms with Gasteiger partial charge in [0.25, 0.3) is 0 Å². The Kier molecular flexibility index (Phi) is 5.35. The van der Waals surface area contributed by atoms with Gasteiger partial charge in [-0.1, -0.05) is 32.0 Å². The van der Waals surface area contributed by atoms with E-state index in [2.05, 4.69) is 24.1 Å². The number of rotatable bonds is 5. The first-order valence-electron chi connectivity index (χ1n) is 6.62. The molecule has 1 amide bonds. The fraction of sp³-hybridized carbons (Fsp3) is 0.533. The average molecular weight is 248 g/mol. The lowest BCUT2D eigenvalue weighted by molar-refractivity contribution is -0.120. The summed E-state index contributed by atoms with van der Waals surface area (Å²) < 4.78 is 0. The monoisotopic (exact) mass is 248 g/mol. The quantitative estimate of drug-likeness (QED) is 0.869. The summed E-state index contributed by atoms with van der Waals surface area (Å²) in [5, 5.41) is 3.05. The molecule has 3 heteroatoms. The van der Waals surface area contributed by atoms with Crippen molar-refractivity contribution in [2.45, 2.75) is 40.7 Å². The van der Waals surface area contributed by atoms with Gasteiger partial charge < -0.3 is 5.32 Å². The second kappa shape index (κ2) is 6.55. The van der Waals surface area contributed by atoms with E-state index < -0.39 is 0 Å². The van der Waals surface area contributed by atoms with Gasteiger partial charge in [0.2, 0.25) is 5.91 Å².